The van der Waals surface area contributed by atoms with Crippen molar-refractivity contribution in [1.82, 2.24) is 9.55 Å². The third-order valence-corrected chi connectivity index (χ3v) is 3.58. The third kappa shape index (κ3) is 2.08. The predicted octanol–water partition coefficient (Wildman–Crippen LogP) is -1.64. The molecule has 0 unspecified atom stereocenters. The van der Waals surface area contributed by atoms with E-state index in [-0.39, 0.29) is 6.42 Å². The largest absolute Gasteiger partial charge is 0.393 e. The molecule has 1 fully saturated rings. The van der Waals surface area contributed by atoms with Gasteiger partial charge >= 0.3 is 5.69 Å². The smallest absolute Gasteiger partial charge is 0.351 e. The van der Waals surface area contributed by atoms with Gasteiger partial charge in [-0.05, 0) is 6.42 Å². The van der Waals surface area contributed by atoms with Gasteiger partial charge < -0.3 is 25.8 Å². The van der Waals surface area contributed by atoms with Crippen LogP contribution in [0, 0.1) is 5.82 Å². The number of halogens is 1. The molecule has 0 radical (unpaired) electrons. The lowest BCUT2D eigenvalue weighted by Crippen LogP contribution is -2.45. The van der Waals surface area contributed by atoms with Crippen LogP contribution in [0.3, 0.4) is 0 Å². The number of aliphatic hydroxyl groups excluding tert-OH is 3. The molecule has 9 heteroatoms. The molecule has 1 aromatic heterocycles. The molecule has 0 spiro atoms. The average molecular weight is 289 g/mol. The van der Waals surface area contributed by atoms with Crippen molar-refractivity contribution in [1.29, 1.82) is 0 Å². The zero-order valence-electron chi connectivity index (χ0n) is 10.7. The highest BCUT2D eigenvalue weighted by atomic mass is 19.1. The minimum Gasteiger partial charge on any atom is -0.393 e. The second kappa shape index (κ2) is 5.09. The van der Waals surface area contributed by atoms with Gasteiger partial charge in [-0.25, -0.2) is 9.18 Å². The first kappa shape index (κ1) is 14.9. The fourth-order valence-corrected chi connectivity index (χ4v) is 2.24. The lowest BCUT2D eigenvalue weighted by atomic mass is 9.93. The second-order valence-electron chi connectivity index (χ2n) is 4.68. The summed E-state index contributed by atoms with van der Waals surface area (Å²) in [4.78, 5) is 14.9. The van der Waals surface area contributed by atoms with Gasteiger partial charge in [0.15, 0.2) is 17.9 Å². The Hall–Kier alpha value is -1.55. The van der Waals surface area contributed by atoms with Gasteiger partial charge in [-0.15, -0.1) is 0 Å². The van der Waals surface area contributed by atoms with Gasteiger partial charge in [0.05, 0.1) is 12.8 Å². The summed E-state index contributed by atoms with van der Waals surface area (Å²) in [5.41, 5.74) is 2.82. The molecule has 112 valence electrons. The Bertz CT molecular complexity index is 559. The highest BCUT2D eigenvalue weighted by molar-refractivity contribution is 5.26. The Kier molecular flexibility index (Phi) is 3.78. The van der Waals surface area contributed by atoms with Crippen molar-refractivity contribution in [3.8, 4) is 0 Å². The van der Waals surface area contributed by atoms with Gasteiger partial charge in [-0.3, -0.25) is 4.57 Å². The Morgan fingerprint density at radius 3 is 2.75 bits per heavy atom. The van der Waals surface area contributed by atoms with Gasteiger partial charge in [-0.1, -0.05) is 6.92 Å². The Labute approximate surface area is 113 Å². The van der Waals surface area contributed by atoms with Crippen LogP contribution in [0.1, 0.15) is 19.6 Å². The van der Waals surface area contributed by atoms with Crippen molar-refractivity contribution < 1.29 is 24.4 Å². The molecule has 1 aromatic rings. The molecule has 0 aromatic carbocycles. The number of ether oxygens (including phenoxy) is 1. The lowest BCUT2D eigenvalue weighted by Gasteiger charge is -2.28. The van der Waals surface area contributed by atoms with Crippen molar-refractivity contribution >= 4 is 5.82 Å². The number of anilines is 1. The molecule has 0 bridgehead atoms. The summed E-state index contributed by atoms with van der Waals surface area (Å²) < 4.78 is 19.5. The number of aliphatic hydroxyl groups is 3. The van der Waals surface area contributed by atoms with E-state index in [4.69, 9.17) is 10.5 Å². The zero-order chi connectivity index (χ0) is 15.1. The molecular weight excluding hydrogens is 273 g/mol. The highest BCUT2D eigenvalue weighted by Crippen LogP contribution is 2.38. The predicted molar refractivity (Wildman–Crippen MR) is 65.1 cm³/mol. The summed E-state index contributed by atoms with van der Waals surface area (Å²) in [7, 11) is 0. The number of hydrogen-bond acceptors (Lipinski definition) is 7. The van der Waals surface area contributed by atoms with Gasteiger partial charge in [-0.2, -0.15) is 4.98 Å². The summed E-state index contributed by atoms with van der Waals surface area (Å²) >= 11 is 0. The minimum absolute atomic E-state index is 0.192. The molecule has 5 N–H and O–H groups in total. The first-order chi connectivity index (χ1) is 9.36. The SMILES string of the molecule is CC[C@]1(CO)O[C@@H](n2cc(F)c(N)nc2=O)[C@@H](O)[C@@H]1O. The van der Waals surface area contributed by atoms with Crippen LogP contribution in [0.2, 0.25) is 0 Å². The fourth-order valence-electron chi connectivity index (χ4n) is 2.24. The van der Waals surface area contributed by atoms with E-state index < -0.39 is 48.0 Å². The van der Waals surface area contributed by atoms with Crippen LogP contribution in [0.4, 0.5) is 10.2 Å². The van der Waals surface area contributed by atoms with Crippen molar-refractivity contribution in [3.05, 3.63) is 22.5 Å². The summed E-state index contributed by atoms with van der Waals surface area (Å²) in [5.74, 6) is -1.52. The first-order valence-electron chi connectivity index (χ1n) is 6.05. The molecule has 2 heterocycles. The number of hydrogen-bond donors (Lipinski definition) is 4. The van der Waals surface area contributed by atoms with E-state index in [1.165, 1.54) is 0 Å². The average Bonchev–Trinajstić information content (AvgIpc) is 2.68. The van der Waals surface area contributed by atoms with Crippen LogP contribution in [0.25, 0.3) is 0 Å². The molecule has 2 rings (SSSR count). The van der Waals surface area contributed by atoms with E-state index in [0.29, 0.717) is 4.57 Å². The van der Waals surface area contributed by atoms with E-state index in [2.05, 4.69) is 4.98 Å². The second-order valence-corrected chi connectivity index (χ2v) is 4.68. The highest BCUT2D eigenvalue weighted by Gasteiger charge is 2.53. The van der Waals surface area contributed by atoms with Gasteiger partial charge in [0.25, 0.3) is 0 Å². The molecule has 1 saturated heterocycles. The Balaban J connectivity index is 2.45. The first-order valence-corrected chi connectivity index (χ1v) is 6.05. The maximum atomic E-state index is 13.4. The van der Waals surface area contributed by atoms with Gasteiger partial charge in [0, 0.05) is 0 Å². The van der Waals surface area contributed by atoms with Crippen molar-refractivity contribution in [3.63, 3.8) is 0 Å². The fraction of sp³-hybridized carbons (Fsp3) is 0.636. The number of aromatic nitrogens is 2. The van der Waals surface area contributed by atoms with Crippen molar-refractivity contribution in [2.45, 2.75) is 37.4 Å². The van der Waals surface area contributed by atoms with Crippen LogP contribution in [-0.4, -0.2) is 49.3 Å². The molecule has 8 nitrogen and oxygen atoms in total. The summed E-state index contributed by atoms with van der Waals surface area (Å²) in [6.07, 6.45) is -3.35. The molecule has 1 aliphatic heterocycles. The summed E-state index contributed by atoms with van der Waals surface area (Å²) in [6.45, 7) is 1.08. The monoisotopic (exact) mass is 289 g/mol. The standard InChI is InChI=1S/C11H16FN3O5/c1-2-11(4-16)7(18)6(17)9(20-11)15-3-5(12)8(13)14-10(15)19/h3,6-7,9,16-18H,2,4H2,1H3,(H2,13,14,19)/t6-,7-,9+,11+/m0/s1. The van der Waals surface area contributed by atoms with Crippen molar-refractivity contribution in [2.24, 2.45) is 0 Å². The van der Waals surface area contributed by atoms with Crippen LogP contribution in [0.5, 0.6) is 0 Å². The molecule has 0 saturated carbocycles. The van der Waals surface area contributed by atoms with Crippen LogP contribution >= 0.6 is 0 Å². The van der Waals surface area contributed by atoms with Gasteiger partial charge in [0.2, 0.25) is 0 Å². The van der Waals surface area contributed by atoms with Crippen molar-refractivity contribution in [2.75, 3.05) is 12.3 Å². The Morgan fingerprint density at radius 1 is 1.60 bits per heavy atom. The van der Waals surface area contributed by atoms with Crippen LogP contribution in [0.15, 0.2) is 11.0 Å². The number of nitrogens with two attached hydrogens (primary N) is 1. The maximum absolute atomic E-state index is 13.4. The number of nitrogens with zero attached hydrogens (tertiary/aromatic N) is 2. The summed E-state index contributed by atoms with van der Waals surface area (Å²) in [6, 6.07) is 0. The normalized spacial score (nSPS) is 33.5. The summed E-state index contributed by atoms with van der Waals surface area (Å²) in [5, 5.41) is 29.3. The van der Waals surface area contributed by atoms with Crippen LogP contribution < -0.4 is 11.4 Å². The number of rotatable bonds is 3. The maximum Gasteiger partial charge on any atom is 0.351 e. The molecule has 4 atom stereocenters. The molecule has 0 aliphatic carbocycles. The zero-order valence-corrected chi connectivity index (χ0v) is 10.7. The van der Waals surface area contributed by atoms with E-state index in [1.807, 2.05) is 0 Å². The third-order valence-electron chi connectivity index (χ3n) is 3.58. The Morgan fingerprint density at radius 2 is 2.25 bits per heavy atom. The van der Waals surface area contributed by atoms with E-state index in [1.54, 1.807) is 6.92 Å². The lowest BCUT2D eigenvalue weighted by molar-refractivity contribution is -0.131. The quantitative estimate of drug-likeness (QED) is 0.524. The minimum atomic E-state index is -1.51. The molecular formula is C11H16FN3O5. The topological polar surface area (TPSA) is 131 Å². The van der Waals surface area contributed by atoms with Gasteiger partial charge in [0.1, 0.15) is 17.8 Å². The van der Waals surface area contributed by atoms with E-state index in [0.717, 1.165) is 6.20 Å². The molecule has 20 heavy (non-hydrogen) atoms. The molecule has 1 aliphatic rings. The van der Waals surface area contributed by atoms with E-state index >= 15 is 0 Å². The van der Waals surface area contributed by atoms with E-state index in [9.17, 15) is 24.5 Å². The number of nitrogen functional groups attached to an aromatic ring is 1. The van der Waals surface area contributed by atoms with Crippen LogP contribution in [-0.2, 0) is 4.74 Å². The molecule has 0 amide bonds.